The Hall–Kier alpha value is -3.36. The molecule has 1 fully saturated rings. The summed E-state index contributed by atoms with van der Waals surface area (Å²) in [5.74, 6) is 0.691. The minimum atomic E-state index is -2.88. The van der Waals surface area contributed by atoms with Crippen molar-refractivity contribution in [2.75, 3.05) is 23.3 Å². The Morgan fingerprint density at radius 3 is 2.47 bits per heavy atom. The molecule has 1 N–H and O–H groups in total. The Kier molecular flexibility index (Phi) is 5.97. The van der Waals surface area contributed by atoms with E-state index in [2.05, 4.69) is 30.1 Å². The van der Waals surface area contributed by atoms with E-state index in [1.807, 2.05) is 0 Å². The summed E-state index contributed by atoms with van der Waals surface area (Å²) in [5, 5.41) is 10.8. The molecule has 0 spiro atoms. The van der Waals surface area contributed by atoms with Crippen molar-refractivity contribution in [2.24, 2.45) is 0 Å². The maximum Gasteiger partial charge on any atom is 0.387 e. The average Bonchev–Trinajstić information content (AvgIpc) is 2.76. The minimum Gasteiger partial charge on any atom is -0.435 e. The van der Waals surface area contributed by atoms with Gasteiger partial charge in [0.25, 0.3) is 0 Å². The molecule has 0 atom stereocenters. The number of piperidine rings is 1. The predicted octanol–water partition coefficient (Wildman–Crippen LogP) is 5.01. The quantitative estimate of drug-likeness (QED) is 0.610. The van der Waals surface area contributed by atoms with Gasteiger partial charge >= 0.3 is 6.61 Å². The van der Waals surface area contributed by atoms with Crippen LogP contribution in [-0.2, 0) is 0 Å². The summed E-state index contributed by atoms with van der Waals surface area (Å²) >= 11 is 0. The standard InChI is InChI=1S/C21H20F3N5O/c22-17-8-9-19(29-10-2-1-3-11-29)27-20(17)26-18-12-15(13-25-28-18)14-4-6-16(7-5-14)30-21(23)24/h4-9,12-13,21H,1-3,10-11H2,(H,26,27,28). The van der Waals surface area contributed by atoms with Crippen LogP contribution in [0.3, 0.4) is 0 Å². The van der Waals surface area contributed by atoms with Crippen molar-refractivity contribution in [2.45, 2.75) is 25.9 Å². The monoisotopic (exact) mass is 415 g/mol. The molecular weight excluding hydrogens is 395 g/mol. The number of benzene rings is 1. The zero-order chi connectivity index (χ0) is 20.9. The SMILES string of the molecule is Fc1ccc(N2CCCCC2)nc1Nc1cc(-c2ccc(OC(F)F)cc2)cnn1. The number of aromatic nitrogens is 3. The van der Waals surface area contributed by atoms with Gasteiger partial charge in [-0.2, -0.15) is 13.9 Å². The van der Waals surface area contributed by atoms with E-state index in [1.54, 1.807) is 24.3 Å². The van der Waals surface area contributed by atoms with Crippen LogP contribution >= 0.6 is 0 Å². The lowest BCUT2D eigenvalue weighted by atomic mass is 10.1. The number of hydrogen-bond acceptors (Lipinski definition) is 6. The van der Waals surface area contributed by atoms with E-state index < -0.39 is 12.4 Å². The van der Waals surface area contributed by atoms with Gasteiger partial charge in [-0.05, 0) is 55.2 Å². The Balaban J connectivity index is 1.53. The first-order valence-corrected chi connectivity index (χ1v) is 9.65. The summed E-state index contributed by atoms with van der Waals surface area (Å²) in [5.41, 5.74) is 1.41. The second-order valence-corrected chi connectivity index (χ2v) is 6.90. The first-order valence-electron chi connectivity index (χ1n) is 9.65. The van der Waals surface area contributed by atoms with Crippen LogP contribution in [0, 0.1) is 5.82 Å². The molecule has 156 valence electrons. The van der Waals surface area contributed by atoms with Gasteiger partial charge in [-0.1, -0.05) is 12.1 Å². The molecule has 4 rings (SSSR count). The highest BCUT2D eigenvalue weighted by Gasteiger charge is 2.15. The second kappa shape index (κ2) is 8.98. The molecule has 30 heavy (non-hydrogen) atoms. The molecule has 3 aromatic rings. The maximum atomic E-state index is 14.3. The van der Waals surface area contributed by atoms with E-state index in [4.69, 9.17) is 0 Å². The van der Waals surface area contributed by atoms with Crippen molar-refractivity contribution in [1.29, 1.82) is 0 Å². The molecule has 1 aromatic carbocycles. The molecule has 1 saturated heterocycles. The number of ether oxygens (including phenoxy) is 1. The molecule has 2 aromatic heterocycles. The number of rotatable bonds is 6. The second-order valence-electron chi connectivity index (χ2n) is 6.90. The summed E-state index contributed by atoms with van der Waals surface area (Å²) in [4.78, 5) is 6.56. The molecule has 0 radical (unpaired) electrons. The van der Waals surface area contributed by atoms with Crippen LogP contribution in [0.15, 0.2) is 48.7 Å². The van der Waals surface area contributed by atoms with E-state index in [1.165, 1.54) is 30.8 Å². The number of pyridine rings is 1. The number of alkyl halides is 2. The van der Waals surface area contributed by atoms with Crippen LogP contribution < -0.4 is 15.0 Å². The van der Waals surface area contributed by atoms with E-state index in [-0.39, 0.29) is 11.6 Å². The number of anilines is 3. The average molecular weight is 415 g/mol. The summed E-state index contributed by atoms with van der Waals surface area (Å²) in [6.45, 7) is -1.07. The van der Waals surface area contributed by atoms with Crippen molar-refractivity contribution in [1.82, 2.24) is 15.2 Å². The van der Waals surface area contributed by atoms with Gasteiger partial charge in [0.15, 0.2) is 17.5 Å². The van der Waals surface area contributed by atoms with E-state index >= 15 is 0 Å². The van der Waals surface area contributed by atoms with Crippen molar-refractivity contribution < 1.29 is 17.9 Å². The topological polar surface area (TPSA) is 63.2 Å². The summed E-state index contributed by atoms with van der Waals surface area (Å²) in [6, 6.07) is 10.9. The van der Waals surface area contributed by atoms with Gasteiger partial charge in [-0.25, -0.2) is 9.37 Å². The molecule has 3 heterocycles. The van der Waals surface area contributed by atoms with Crippen LogP contribution in [0.2, 0.25) is 0 Å². The Bertz CT molecular complexity index is 994. The highest BCUT2D eigenvalue weighted by Crippen LogP contribution is 2.27. The third-order valence-electron chi connectivity index (χ3n) is 4.83. The lowest BCUT2D eigenvalue weighted by Crippen LogP contribution is -2.30. The normalized spacial score (nSPS) is 14.1. The van der Waals surface area contributed by atoms with Crippen molar-refractivity contribution in [3.05, 3.63) is 54.5 Å². The predicted molar refractivity (Wildman–Crippen MR) is 108 cm³/mol. The first-order chi connectivity index (χ1) is 14.6. The van der Waals surface area contributed by atoms with Gasteiger partial charge in [-0.15, -0.1) is 5.10 Å². The smallest absolute Gasteiger partial charge is 0.387 e. The fourth-order valence-electron chi connectivity index (χ4n) is 3.35. The van der Waals surface area contributed by atoms with E-state index in [9.17, 15) is 13.2 Å². The molecule has 6 nitrogen and oxygen atoms in total. The number of nitrogens with zero attached hydrogens (tertiary/aromatic N) is 4. The van der Waals surface area contributed by atoms with Gasteiger partial charge < -0.3 is 15.0 Å². The third-order valence-corrected chi connectivity index (χ3v) is 4.83. The summed E-state index contributed by atoms with van der Waals surface area (Å²) in [6.07, 6.45) is 4.91. The fraction of sp³-hybridized carbons (Fsp3) is 0.286. The maximum absolute atomic E-state index is 14.3. The number of halogens is 3. The third kappa shape index (κ3) is 4.79. The van der Waals surface area contributed by atoms with Crippen LogP contribution in [-0.4, -0.2) is 34.9 Å². The molecule has 1 aliphatic heterocycles. The van der Waals surface area contributed by atoms with Crippen molar-refractivity contribution in [3.63, 3.8) is 0 Å². The van der Waals surface area contributed by atoms with Crippen LogP contribution in [0.1, 0.15) is 19.3 Å². The van der Waals surface area contributed by atoms with Crippen LogP contribution in [0.25, 0.3) is 11.1 Å². The Labute approximate surface area is 171 Å². The van der Waals surface area contributed by atoms with Crippen LogP contribution in [0.5, 0.6) is 5.75 Å². The largest absolute Gasteiger partial charge is 0.435 e. The van der Waals surface area contributed by atoms with Gasteiger partial charge in [-0.3, -0.25) is 0 Å². The minimum absolute atomic E-state index is 0.0647. The van der Waals surface area contributed by atoms with E-state index in [0.29, 0.717) is 11.4 Å². The van der Waals surface area contributed by atoms with Crippen molar-refractivity contribution >= 4 is 17.5 Å². The number of nitrogens with one attached hydrogen (secondary N) is 1. The number of hydrogen-bond donors (Lipinski definition) is 1. The Morgan fingerprint density at radius 2 is 1.73 bits per heavy atom. The molecule has 0 unspecified atom stereocenters. The highest BCUT2D eigenvalue weighted by atomic mass is 19.3. The zero-order valence-corrected chi connectivity index (χ0v) is 16.1. The molecule has 0 bridgehead atoms. The van der Waals surface area contributed by atoms with Crippen LogP contribution in [0.4, 0.5) is 30.6 Å². The molecule has 0 aliphatic carbocycles. The lowest BCUT2D eigenvalue weighted by Gasteiger charge is -2.28. The van der Waals surface area contributed by atoms with E-state index in [0.717, 1.165) is 37.3 Å². The molecular formula is C21H20F3N5O. The molecule has 0 saturated carbocycles. The zero-order valence-electron chi connectivity index (χ0n) is 16.1. The fourth-order valence-corrected chi connectivity index (χ4v) is 3.35. The van der Waals surface area contributed by atoms with Gasteiger partial charge in [0, 0.05) is 18.7 Å². The summed E-state index contributed by atoms with van der Waals surface area (Å²) < 4.78 is 43.3. The highest BCUT2D eigenvalue weighted by molar-refractivity contribution is 5.67. The first kappa shape index (κ1) is 19.9. The van der Waals surface area contributed by atoms with Gasteiger partial charge in [0.1, 0.15) is 11.6 Å². The van der Waals surface area contributed by atoms with Gasteiger partial charge in [0.2, 0.25) is 0 Å². The van der Waals surface area contributed by atoms with Gasteiger partial charge in [0.05, 0.1) is 6.20 Å². The summed E-state index contributed by atoms with van der Waals surface area (Å²) in [7, 11) is 0. The lowest BCUT2D eigenvalue weighted by molar-refractivity contribution is -0.0498. The molecule has 9 heteroatoms. The van der Waals surface area contributed by atoms with Crippen molar-refractivity contribution in [3.8, 4) is 16.9 Å². The molecule has 0 amide bonds. The molecule has 1 aliphatic rings. The Morgan fingerprint density at radius 1 is 0.967 bits per heavy atom.